The fraction of sp³-hybridized carbons (Fsp3) is 0.447. The number of rotatable bonds is 6. The van der Waals surface area contributed by atoms with Crippen molar-refractivity contribution in [3.8, 4) is 24.0 Å². The van der Waals surface area contributed by atoms with Gasteiger partial charge in [0.1, 0.15) is 5.69 Å². The molecule has 1 aliphatic heterocycles. The van der Waals surface area contributed by atoms with Crippen LogP contribution in [0.1, 0.15) is 99.0 Å². The summed E-state index contributed by atoms with van der Waals surface area (Å²) in [6.45, 7) is 1.79. The molecule has 3 aliphatic carbocycles. The van der Waals surface area contributed by atoms with Gasteiger partial charge in [0.25, 0.3) is 0 Å². The monoisotopic (exact) mass is 592 g/mol. The van der Waals surface area contributed by atoms with Gasteiger partial charge in [-0.1, -0.05) is 68.9 Å². The predicted molar refractivity (Wildman–Crippen MR) is 182 cm³/mol. The third-order valence-electron chi connectivity index (χ3n) is 9.13. The molecule has 6 heteroatoms. The van der Waals surface area contributed by atoms with Crippen LogP contribution in [0.5, 0.6) is 0 Å². The molecule has 4 aliphatic rings. The van der Waals surface area contributed by atoms with Gasteiger partial charge in [-0.2, -0.15) is 0 Å². The lowest BCUT2D eigenvalue weighted by molar-refractivity contribution is 0.0850. The number of terminal acetylenes is 1. The van der Waals surface area contributed by atoms with E-state index >= 15 is 0 Å². The van der Waals surface area contributed by atoms with Crippen molar-refractivity contribution in [1.82, 2.24) is 9.88 Å². The average Bonchev–Trinajstić information content (AvgIpc) is 3.53. The predicted octanol–water partition coefficient (Wildman–Crippen LogP) is 9.16. The average molecular weight is 593 g/mol. The Morgan fingerprint density at radius 3 is 1.73 bits per heavy atom. The minimum absolute atomic E-state index is 0.0453. The van der Waals surface area contributed by atoms with Crippen LogP contribution in [0.2, 0.25) is 0 Å². The third kappa shape index (κ3) is 9.19. The van der Waals surface area contributed by atoms with Crippen molar-refractivity contribution in [2.75, 3.05) is 30.8 Å². The lowest BCUT2D eigenvalue weighted by Gasteiger charge is -2.26. The number of nitrogens with zero attached hydrogens (tertiary/aromatic N) is 2. The standard InChI is InChI=1S/C17H18N2O.C15H20N2O.C4H8.C2H2/c1-18-15-8-5-12(6-9-15)14-7-10-16(19-11-14)17(20)13-3-2-4-13;18-15(17-10-1-2-11-17)16-14-8-6-13(7-9-14)12-4-3-5-12;1-2-4-3-1;1-2/h5-11,13,18H,2-4H2,1H3;6-9,12H,1-5,10-11H2,(H,16,18);1-4H2;1-2H. The van der Waals surface area contributed by atoms with Gasteiger partial charge in [0.05, 0.1) is 0 Å². The van der Waals surface area contributed by atoms with E-state index in [4.69, 9.17) is 0 Å². The topological polar surface area (TPSA) is 74.3 Å². The minimum atomic E-state index is 0.0453. The molecule has 3 aromatic rings. The zero-order valence-electron chi connectivity index (χ0n) is 26.3. The lowest BCUT2D eigenvalue weighted by Crippen LogP contribution is -2.32. The van der Waals surface area contributed by atoms with E-state index in [0.29, 0.717) is 5.69 Å². The van der Waals surface area contributed by atoms with E-state index in [1.807, 2.05) is 48.3 Å². The smallest absolute Gasteiger partial charge is 0.321 e. The van der Waals surface area contributed by atoms with Crippen molar-refractivity contribution >= 4 is 23.2 Å². The number of benzene rings is 2. The highest BCUT2D eigenvalue weighted by Gasteiger charge is 2.27. The summed E-state index contributed by atoms with van der Waals surface area (Å²) in [5.74, 6) is 1.17. The van der Waals surface area contributed by atoms with Gasteiger partial charge in [-0.25, -0.2) is 4.79 Å². The van der Waals surface area contributed by atoms with Crippen molar-refractivity contribution in [2.45, 2.75) is 83.0 Å². The molecule has 2 amide bonds. The number of likely N-dealkylation sites (tertiary alicyclic amines) is 1. The van der Waals surface area contributed by atoms with Gasteiger partial charge in [0.2, 0.25) is 0 Å². The molecule has 44 heavy (non-hydrogen) atoms. The Labute approximate surface area is 264 Å². The van der Waals surface area contributed by atoms with E-state index in [1.165, 1.54) is 56.9 Å². The van der Waals surface area contributed by atoms with Crippen molar-refractivity contribution in [3.05, 3.63) is 78.1 Å². The Morgan fingerprint density at radius 2 is 1.27 bits per heavy atom. The van der Waals surface area contributed by atoms with Crippen LogP contribution in [0, 0.1) is 18.8 Å². The zero-order chi connectivity index (χ0) is 31.1. The van der Waals surface area contributed by atoms with E-state index in [1.54, 1.807) is 6.20 Å². The first kappa shape index (κ1) is 32.8. The number of carbonyl (C=O) groups is 2. The summed E-state index contributed by atoms with van der Waals surface area (Å²) in [5, 5.41) is 6.07. The maximum Gasteiger partial charge on any atom is 0.321 e. The number of hydrogen-bond acceptors (Lipinski definition) is 4. The van der Waals surface area contributed by atoms with Gasteiger partial charge >= 0.3 is 6.03 Å². The molecule has 0 atom stereocenters. The second-order valence-electron chi connectivity index (χ2n) is 12.0. The highest BCUT2D eigenvalue weighted by Crippen LogP contribution is 2.36. The molecule has 2 aromatic carbocycles. The molecule has 0 radical (unpaired) electrons. The molecule has 0 unspecified atom stereocenters. The first-order chi connectivity index (χ1) is 21.6. The maximum absolute atomic E-state index is 12.1. The summed E-state index contributed by atoms with van der Waals surface area (Å²) in [5.41, 5.74) is 6.16. The number of aromatic nitrogens is 1. The third-order valence-corrected chi connectivity index (χ3v) is 9.13. The molecular formula is C38H48N4O2. The molecular weight excluding hydrogens is 544 g/mol. The fourth-order valence-corrected chi connectivity index (χ4v) is 5.37. The van der Waals surface area contributed by atoms with Crippen LogP contribution in [-0.2, 0) is 0 Å². The van der Waals surface area contributed by atoms with Gasteiger partial charge < -0.3 is 15.5 Å². The SMILES string of the molecule is C#C.C1CCC1.CNc1ccc(-c2ccc(C(=O)C3CCC3)nc2)cc1.O=C(Nc1ccc(C2CCC2)cc1)N1CCCC1. The number of carbonyl (C=O) groups excluding carboxylic acids is 2. The summed E-state index contributed by atoms with van der Waals surface area (Å²) in [6.07, 6.45) is 25.3. The molecule has 3 saturated carbocycles. The Morgan fingerprint density at radius 1 is 0.705 bits per heavy atom. The minimum Gasteiger partial charge on any atom is -0.388 e. The first-order valence-corrected chi connectivity index (χ1v) is 16.4. The van der Waals surface area contributed by atoms with Crippen molar-refractivity contribution in [1.29, 1.82) is 0 Å². The Bertz CT molecular complexity index is 1310. The van der Waals surface area contributed by atoms with Gasteiger partial charge in [-0.05, 0) is 85.9 Å². The molecule has 0 spiro atoms. The molecule has 1 saturated heterocycles. The zero-order valence-corrected chi connectivity index (χ0v) is 26.3. The quantitative estimate of drug-likeness (QED) is 0.221. The molecule has 7 rings (SSSR count). The van der Waals surface area contributed by atoms with Gasteiger partial charge in [0.15, 0.2) is 5.78 Å². The van der Waals surface area contributed by atoms with Crippen molar-refractivity contribution in [2.24, 2.45) is 5.92 Å². The number of anilines is 2. The van der Waals surface area contributed by atoms with E-state index in [9.17, 15) is 9.59 Å². The van der Waals surface area contributed by atoms with E-state index in [2.05, 4.69) is 52.7 Å². The van der Waals surface area contributed by atoms with Crippen LogP contribution in [-0.4, -0.2) is 41.8 Å². The fourth-order valence-electron chi connectivity index (χ4n) is 5.37. The van der Waals surface area contributed by atoms with Crippen LogP contribution in [0.15, 0.2) is 66.9 Å². The highest BCUT2D eigenvalue weighted by atomic mass is 16.2. The van der Waals surface area contributed by atoms with Crippen LogP contribution < -0.4 is 10.6 Å². The summed E-state index contributed by atoms with van der Waals surface area (Å²) in [4.78, 5) is 30.2. The van der Waals surface area contributed by atoms with E-state index in [0.717, 1.165) is 67.2 Å². The Balaban J connectivity index is 0.000000170. The molecule has 1 aromatic heterocycles. The van der Waals surface area contributed by atoms with Crippen molar-refractivity contribution < 1.29 is 9.59 Å². The second-order valence-corrected chi connectivity index (χ2v) is 12.0. The molecule has 232 valence electrons. The van der Waals surface area contributed by atoms with Crippen molar-refractivity contribution in [3.63, 3.8) is 0 Å². The molecule has 2 heterocycles. The molecule has 6 nitrogen and oxygen atoms in total. The van der Waals surface area contributed by atoms with Gasteiger partial charge in [-0.3, -0.25) is 9.78 Å². The Hall–Kier alpha value is -4.11. The molecule has 0 bridgehead atoms. The first-order valence-electron chi connectivity index (χ1n) is 16.4. The van der Waals surface area contributed by atoms with Gasteiger partial charge in [0, 0.05) is 49.2 Å². The number of nitrogens with one attached hydrogen (secondary N) is 2. The normalized spacial score (nSPS) is 16.9. The van der Waals surface area contributed by atoms with Crippen LogP contribution in [0.3, 0.4) is 0 Å². The number of amides is 2. The summed E-state index contributed by atoms with van der Waals surface area (Å²) >= 11 is 0. The van der Waals surface area contributed by atoms with Crippen LogP contribution >= 0.6 is 0 Å². The summed E-state index contributed by atoms with van der Waals surface area (Å²) < 4.78 is 0. The highest BCUT2D eigenvalue weighted by molar-refractivity contribution is 5.96. The van der Waals surface area contributed by atoms with E-state index in [-0.39, 0.29) is 17.7 Å². The number of Topliss-reactive ketones (excluding diaryl/α,β-unsaturated/α-hetero) is 1. The second kappa shape index (κ2) is 17.3. The number of hydrogen-bond donors (Lipinski definition) is 2. The van der Waals surface area contributed by atoms with Gasteiger partial charge in [-0.15, -0.1) is 12.8 Å². The molecule has 2 N–H and O–H groups in total. The number of pyridine rings is 1. The molecule has 4 fully saturated rings. The lowest BCUT2D eigenvalue weighted by atomic mass is 9.80. The summed E-state index contributed by atoms with van der Waals surface area (Å²) in [6, 6.07) is 20.4. The number of urea groups is 1. The van der Waals surface area contributed by atoms with Crippen LogP contribution in [0.25, 0.3) is 11.1 Å². The maximum atomic E-state index is 12.1. The number of ketones is 1. The largest absolute Gasteiger partial charge is 0.388 e. The van der Waals surface area contributed by atoms with Crippen LogP contribution in [0.4, 0.5) is 16.2 Å². The summed E-state index contributed by atoms with van der Waals surface area (Å²) in [7, 11) is 1.90. The Kier molecular flexibility index (Phi) is 12.9. The van der Waals surface area contributed by atoms with E-state index < -0.39 is 0 Å².